The topological polar surface area (TPSA) is 43.1 Å². The lowest BCUT2D eigenvalue weighted by molar-refractivity contribution is -0.122. The Balaban J connectivity index is 2.25. The zero-order chi connectivity index (χ0) is 10.6. The van der Waals surface area contributed by atoms with E-state index in [0.29, 0.717) is 18.2 Å². The van der Waals surface area contributed by atoms with Gasteiger partial charge in [0.05, 0.1) is 0 Å². The SMILES string of the molecule is CC(C)CCC(=O)CC1(CN)CCC1. The molecule has 2 N–H and O–H groups in total. The fourth-order valence-electron chi connectivity index (χ4n) is 2.09. The second kappa shape index (κ2) is 4.92. The smallest absolute Gasteiger partial charge is 0.133 e. The lowest BCUT2D eigenvalue weighted by Gasteiger charge is -2.40. The van der Waals surface area contributed by atoms with Gasteiger partial charge in [-0.15, -0.1) is 0 Å². The Hall–Kier alpha value is -0.370. The summed E-state index contributed by atoms with van der Waals surface area (Å²) in [5.41, 5.74) is 5.92. The maximum absolute atomic E-state index is 11.7. The molecule has 2 heteroatoms. The zero-order valence-corrected chi connectivity index (χ0v) is 9.51. The van der Waals surface area contributed by atoms with Crippen LogP contribution in [0.3, 0.4) is 0 Å². The number of ketones is 1. The number of hydrogen-bond acceptors (Lipinski definition) is 2. The molecule has 1 rings (SSSR count). The van der Waals surface area contributed by atoms with Crippen molar-refractivity contribution in [1.82, 2.24) is 0 Å². The van der Waals surface area contributed by atoms with Gasteiger partial charge in [-0.1, -0.05) is 20.3 Å². The molecule has 0 unspecified atom stereocenters. The zero-order valence-electron chi connectivity index (χ0n) is 9.51. The van der Waals surface area contributed by atoms with Crippen molar-refractivity contribution in [3.05, 3.63) is 0 Å². The number of carbonyl (C=O) groups excluding carboxylic acids is 1. The summed E-state index contributed by atoms with van der Waals surface area (Å²) in [5.74, 6) is 1.05. The molecule has 0 aromatic carbocycles. The molecule has 14 heavy (non-hydrogen) atoms. The van der Waals surface area contributed by atoms with E-state index < -0.39 is 0 Å². The summed E-state index contributed by atoms with van der Waals surface area (Å²) < 4.78 is 0. The van der Waals surface area contributed by atoms with Gasteiger partial charge in [0.1, 0.15) is 5.78 Å². The molecule has 0 saturated heterocycles. The Bertz CT molecular complexity index is 189. The van der Waals surface area contributed by atoms with Crippen molar-refractivity contribution in [2.45, 2.75) is 52.4 Å². The summed E-state index contributed by atoms with van der Waals surface area (Å²) in [4.78, 5) is 11.7. The standard InChI is InChI=1S/C12H23NO/c1-10(2)4-5-11(14)8-12(9-13)6-3-7-12/h10H,3-9,13H2,1-2H3. The summed E-state index contributed by atoms with van der Waals surface area (Å²) in [7, 11) is 0. The minimum Gasteiger partial charge on any atom is -0.330 e. The fourth-order valence-corrected chi connectivity index (χ4v) is 2.09. The lowest BCUT2D eigenvalue weighted by atomic mass is 9.65. The molecule has 0 amide bonds. The van der Waals surface area contributed by atoms with E-state index in [0.717, 1.165) is 32.1 Å². The molecule has 0 atom stereocenters. The number of Topliss-reactive ketones (excluding diaryl/α,β-unsaturated/α-hetero) is 1. The van der Waals surface area contributed by atoms with E-state index in [-0.39, 0.29) is 5.41 Å². The van der Waals surface area contributed by atoms with Gasteiger partial charge in [-0.2, -0.15) is 0 Å². The molecule has 2 nitrogen and oxygen atoms in total. The predicted molar refractivity (Wildman–Crippen MR) is 59.0 cm³/mol. The van der Waals surface area contributed by atoms with Crippen LogP contribution in [0.5, 0.6) is 0 Å². The predicted octanol–water partition coefficient (Wildman–Crippen LogP) is 2.51. The van der Waals surface area contributed by atoms with Crippen molar-refractivity contribution in [1.29, 1.82) is 0 Å². The molecule has 1 aliphatic rings. The highest BCUT2D eigenvalue weighted by atomic mass is 16.1. The summed E-state index contributed by atoms with van der Waals surface area (Å²) in [6.45, 7) is 5.02. The Kier molecular flexibility index (Phi) is 4.11. The second-order valence-corrected chi connectivity index (χ2v) is 5.21. The van der Waals surface area contributed by atoms with E-state index in [1.54, 1.807) is 0 Å². The van der Waals surface area contributed by atoms with Crippen molar-refractivity contribution in [2.75, 3.05) is 6.54 Å². The van der Waals surface area contributed by atoms with Crippen LogP contribution in [0.4, 0.5) is 0 Å². The third-order valence-electron chi connectivity index (χ3n) is 3.42. The molecule has 82 valence electrons. The maximum Gasteiger partial charge on any atom is 0.133 e. The van der Waals surface area contributed by atoms with Gasteiger partial charge < -0.3 is 5.73 Å². The highest BCUT2D eigenvalue weighted by Crippen LogP contribution is 2.43. The first kappa shape index (κ1) is 11.7. The summed E-state index contributed by atoms with van der Waals surface area (Å²) >= 11 is 0. The van der Waals surface area contributed by atoms with Crippen molar-refractivity contribution in [3.63, 3.8) is 0 Å². The van der Waals surface area contributed by atoms with Gasteiger partial charge >= 0.3 is 0 Å². The van der Waals surface area contributed by atoms with E-state index in [1.807, 2.05) is 0 Å². The van der Waals surface area contributed by atoms with E-state index in [1.165, 1.54) is 6.42 Å². The van der Waals surface area contributed by atoms with Crippen LogP contribution in [0.25, 0.3) is 0 Å². The summed E-state index contributed by atoms with van der Waals surface area (Å²) in [6, 6.07) is 0. The van der Waals surface area contributed by atoms with Gasteiger partial charge in [0.25, 0.3) is 0 Å². The van der Waals surface area contributed by atoms with Crippen molar-refractivity contribution < 1.29 is 4.79 Å². The van der Waals surface area contributed by atoms with Crippen LogP contribution in [0.2, 0.25) is 0 Å². The minimum absolute atomic E-state index is 0.202. The van der Waals surface area contributed by atoms with Crippen LogP contribution >= 0.6 is 0 Å². The molecular formula is C12H23NO. The van der Waals surface area contributed by atoms with Gasteiger partial charge in [-0.25, -0.2) is 0 Å². The average molecular weight is 197 g/mol. The monoisotopic (exact) mass is 197 g/mol. The first-order chi connectivity index (χ1) is 6.58. The molecule has 0 spiro atoms. The molecule has 1 aliphatic carbocycles. The molecule has 0 bridgehead atoms. The Morgan fingerprint density at radius 1 is 1.43 bits per heavy atom. The van der Waals surface area contributed by atoms with Crippen molar-refractivity contribution >= 4 is 5.78 Å². The molecule has 0 heterocycles. The van der Waals surface area contributed by atoms with Crippen LogP contribution in [0, 0.1) is 11.3 Å². The number of hydrogen-bond donors (Lipinski definition) is 1. The molecular weight excluding hydrogens is 174 g/mol. The van der Waals surface area contributed by atoms with E-state index in [4.69, 9.17) is 5.73 Å². The van der Waals surface area contributed by atoms with Crippen LogP contribution in [0.15, 0.2) is 0 Å². The van der Waals surface area contributed by atoms with Crippen LogP contribution in [0.1, 0.15) is 52.4 Å². The molecule has 1 saturated carbocycles. The van der Waals surface area contributed by atoms with Crippen LogP contribution in [-0.4, -0.2) is 12.3 Å². The maximum atomic E-state index is 11.7. The second-order valence-electron chi connectivity index (χ2n) is 5.21. The quantitative estimate of drug-likeness (QED) is 0.711. The summed E-state index contributed by atoms with van der Waals surface area (Å²) in [6.07, 6.45) is 6.09. The Morgan fingerprint density at radius 3 is 2.43 bits per heavy atom. The van der Waals surface area contributed by atoms with Gasteiger partial charge in [0, 0.05) is 12.8 Å². The Morgan fingerprint density at radius 2 is 2.07 bits per heavy atom. The molecule has 1 fully saturated rings. The van der Waals surface area contributed by atoms with Gasteiger partial charge in [-0.05, 0) is 37.1 Å². The third kappa shape index (κ3) is 3.09. The first-order valence-electron chi connectivity index (χ1n) is 5.80. The van der Waals surface area contributed by atoms with Gasteiger partial charge in [0.15, 0.2) is 0 Å². The van der Waals surface area contributed by atoms with E-state index in [9.17, 15) is 4.79 Å². The largest absolute Gasteiger partial charge is 0.330 e. The van der Waals surface area contributed by atoms with Crippen molar-refractivity contribution in [2.24, 2.45) is 17.1 Å². The molecule has 0 aliphatic heterocycles. The van der Waals surface area contributed by atoms with Crippen LogP contribution < -0.4 is 5.73 Å². The Labute approximate surface area is 87.2 Å². The van der Waals surface area contributed by atoms with Gasteiger partial charge in [-0.3, -0.25) is 4.79 Å². The van der Waals surface area contributed by atoms with Gasteiger partial charge in [0.2, 0.25) is 0 Å². The number of carbonyl (C=O) groups is 1. The van der Waals surface area contributed by atoms with E-state index >= 15 is 0 Å². The first-order valence-corrected chi connectivity index (χ1v) is 5.80. The van der Waals surface area contributed by atoms with Crippen LogP contribution in [-0.2, 0) is 4.79 Å². The third-order valence-corrected chi connectivity index (χ3v) is 3.42. The fraction of sp³-hybridized carbons (Fsp3) is 0.917. The van der Waals surface area contributed by atoms with E-state index in [2.05, 4.69) is 13.8 Å². The molecule has 0 aromatic heterocycles. The highest BCUT2D eigenvalue weighted by molar-refractivity contribution is 5.79. The highest BCUT2D eigenvalue weighted by Gasteiger charge is 2.36. The normalized spacial score (nSPS) is 19.4. The lowest BCUT2D eigenvalue weighted by Crippen LogP contribution is -2.39. The number of rotatable bonds is 6. The molecule has 0 radical (unpaired) electrons. The molecule has 0 aromatic rings. The average Bonchev–Trinajstić information content (AvgIpc) is 2.08. The van der Waals surface area contributed by atoms with Crippen molar-refractivity contribution in [3.8, 4) is 0 Å². The number of nitrogens with two attached hydrogens (primary N) is 1. The minimum atomic E-state index is 0.202. The summed E-state index contributed by atoms with van der Waals surface area (Å²) in [5, 5.41) is 0.